The number of nitrogens with zero attached hydrogens (tertiary/aromatic N) is 3. The zero-order chi connectivity index (χ0) is 21.8. The lowest BCUT2D eigenvalue weighted by molar-refractivity contribution is -0.143. The molecule has 31 heavy (non-hydrogen) atoms. The first-order chi connectivity index (χ1) is 14.9. The van der Waals surface area contributed by atoms with Crippen LogP contribution in [-0.4, -0.2) is 27.2 Å². The Hall–Kier alpha value is -3.46. The molecule has 0 spiro atoms. The number of para-hydroxylation sites is 1. The van der Waals surface area contributed by atoms with E-state index in [-0.39, 0.29) is 12.2 Å². The van der Waals surface area contributed by atoms with Gasteiger partial charge in [-0.25, -0.2) is 9.67 Å². The van der Waals surface area contributed by atoms with Gasteiger partial charge in [-0.1, -0.05) is 48.5 Å². The van der Waals surface area contributed by atoms with Crippen LogP contribution >= 0.6 is 11.3 Å². The molecule has 0 fully saturated rings. The first-order valence-electron chi connectivity index (χ1n) is 9.42. The van der Waals surface area contributed by atoms with Gasteiger partial charge in [0, 0.05) is 23.9 Å². The summed E-state index contributed by atoms with van der Waals surface area (Å²) < 4.78 is 41.8. The topological polar surface area (TPSA) is 59.8 Å². The van der Waals surface area contributed by atoms with E-state index in [0.29, 0.717) is 6.42 Å². The Morgan fingerprint density at radius 3 is 2.39 bits per heavy atom. The summed E-state index contributed by atoms with van der Waals surface area (Å²) in [6.45, 7) is 0.157. The summed E-state index contributed by atoms with van der Waals surface area (Å²) in [5, 5.41) is 9.08. The van der Waals surface area contributed by atoms with Crippen LogP contribution in [-0.2, 0) is 12.6 Å². The van der Waals surface area contributed by atoms with Crippen LogP contribution in [0.1, 0.15) is 21.7 Å². The van der Waals surface area contributed by atoms with Gasteiger partial charge in [0.2, 0.25) is 0 Å². The quantitative estimate of drug-likeness (QED) is 0.458. The van der Waals surface area contributed by atoms with Gasteiger partial charge in [0.25, 0.3) is 5.91 Å². The zero-order valence-corrected chi connectivity index (χ0v) is 17.0. The number of carbonyl (C=O) groups excluding carboxylic acids is 1. The molecule has 0 aliphatic rings. The van der Waals surface area contributed by atoms with Crippen molar-refractivity contribution < 1.29 is 18.0 Å². The highest BCUT2D eigenvalue weighted by molar-refractivity contribution is 7.13. The number of thiazole rings is 1. The maximum absolute atomic E-state index is 13.7. The Morgan fingerprint density at radius 2 is 1.71 bits per heavy atom. The fourth-order valence-electron chi connectivity index (χ4n) is 3.09. The standard InChI is InChI=1S/C22H17F3N4OS/c23-22(24,25)19-18(13-27-29(19)17-9-5-2-6-10-17)20(30)26-12-11-16-14-31-21(28-16)15-7-3-1-4-8-15/h1-10,13-14H,11-12H2,(H,26,30). The van der Waals surface area contributed by atoms with Gasteiger partial charge in [-0.3, -0.25) is 4.79 Å². The van der Waals surface area contributed by atoms with Gasteiger partial charge in [0.15, 0.2) is 5.69 Å². The maximum Gasteiger partial charge on any atom is 0.434 e. The molecule has 4 rings (SSSR count). The van der Waals surface area contributed by atoms with Gasteiger partial charge in [0.05, 0.1) is 23.1 Å². The van der Waals surface area contributed by atoms with Crippen molar-refractivity contribution in [2.75, 3.05) is 6.54 Å². The van der Waals surface area contributed by atoms with E-state index >= 15 is 0 Å². The molecule has 0 aliphatic carbocycles. The Bertz CT molecular complexity index is 1170. The number of hydrogen-bond acceptors (Lipinski definition) is 4. The van der Waals surface area contributed by atoms with Crippen LogP contribution in [0.25, 0.3) is 16.3 Å². The highest BCUT2D eigenvalue weighted by Gasteiger charge is 2.40. The molecule has 2 aromatic carbocycles. The van der Waals surface area contributed by atoms with Gasteiger partial charge >= 0.3 is 6.18 Å². The van der Waals surface area contributed by atoms with Crippen LogP contribution in [0.3, 0.4) is 0 Å². The minimum atomic E-state index is -4.74. The molecule has 0 aliphatic heterocycles. The van der Waals surface area contributed by atoms with Gasteiger partial charge in [0.1, 0.15) is 5.01 Å². The molecule has 0 atom stereocenters. The van der Waals surface area contributed by atoms with E-state index in [2.05, 4.69) is 15.4 Å². The van der Waals surface area contributed by atoms with Crippen LogP contribution in [0.2, 0.25) is 0 Å². The minimum absolute atomic E-state index is 0.157. The number of alkyl halides is 3. The highest BCUT2D eigenvalue weighted by atomic mass is 32.1. The Kier molecular flexibility index (Phi) is 5.85. The van der Waals surface area contributed by atoms with E-state index in [0.717, 1.165) is 27.1 Å². The Labute approximate surface area is 180 Å². The predicted molar refractivity (Wildman–Crippen MR) is 112 cm³/mol. The van der Waals surface area contributed by atoms with Crippen LogP contribution in [0.15, 0.2) is 72.2 Å². The Balaban J connectivity index is 1.46. The number of nitrogens with one attached hydrogen (secondary N) is 1. The molecular weight excluding hydrogens is 425 g/mol. The summed E-state index contributed by atoms with van der Waals surface area (Å²) in [4.78, 5) is 17.0. The summed E-state index contributed by atoms with van der Waals surface area (Å²) in [6.07, 6.45) is -3.39. The fourth-order valence-corrected chi connectivity index (χ4v) is 3.95. The van der Waals surface area contributed by atoms with E-state index in [1.165, 1.54) is 23.5 Å². The molecule has 0 radical (unpaired) electrons. The van der Waals surface area contributed by atoms with Crippen molar-refractivity contribution in [2.45, 2.75) is 12.6 Å². The summed E-state index contributed by atoms with van der Waals surface area (Å²) in [5.41, 5.74) is 0.367. The molecule has 0 unspecified atom stereocenters. The molecule has 9 heteroatoms. The number of aromatic nitrogens is 3. The second-order valence-electron chi connectivity index (χ2n) is 6.67. The molecule has 4 aromatic rings. The second kappa shape index (κ2) is 8.73. The number of halogens is 3. The SMILES string of the molecule is O=C(NCCc1csc(-c2ccccc2)n1)c1cnn(-c2ccccc2)c1C(F)(F)F. The van der Waals surface area contributed by atoms with Crippen LogP contribution in [0.4, 0.5) is 13.2 Å². The van der Waals surface area contributed by atoms with E-state index in [1.54, 1.807) is 18.2 Å². The average Bonchev–Trinajstić information content (AvgIpc) is 3.42. The fraction of sp³-hybridized carbons (Fsp3) is 0.136. The van der Waals surface area contributed by atoms with Gasteiger partial charge in [-0.2, -0.15) is 18.3 Å². The lowest BCUT2D eigenvalue weighted by atomic mass is 10.2. The molecule has 1 N–H and O–H groups in total. The first-order valence-corrected chi connectivity index (χ1v) is 10.3. The highest BCUT2D eigenvalue weighted by Crippen LogP contribution is 2.33. The van der Waals surface area contributed by atoms with Crippen molar-refractivity contribution in [1.82, 2.24) is 20.1 Å². The molecule has 158 valence electrons. The minimum Gasteiger partial charge on any atom is -0.352 e. The number of amides is 1. The molecule has 5 nitrogen and oxygen atoms in total. The summed E-state index contributed by atoms with van der Waals surface area (Å²) >= 11 is 1.48. The third kappa shape index (κ3) is 4.66. The van der Waals surface area contributed by atoms with Crippen LogP contribution in [0.5, 0.6) is 0 Å². The molecule has 0 bridgehead atoms. The van der Waals surface area contributed by atoms with Crippen molar-refractivity contribution in [3.63, 3.8) is 0 Å². The van der Waals surface area contributed by atoms with Crippen molar-refractivity contribution in [3.05, 3.63) is 89.2 Å². The summed E-state index contributed by atoms with van der Waals surface area (Å²) in [6, 6.07) is 17.6. The number of carbonyl (C=O) groups is 1. The predicted octanol–water partition coefficient (Wildman–Crippen LogP) is 4.99. The number of benzene rings is 2. The Morgan fingerprint density at radius 1 is 1.03 bits per heavy atom. The number of rotatable bonds is 6. The van der Waals surface area contributed by atoms with Gasteiger partial charge < -0.3 is 5.32 Å². The molecule has 2 aromatic heterocycles. The smallest absolute Gasteiger partial charge is 0.352 e. The third-order valence-electron chi connectivity index (χ3n) is 4.52. The molecular formula is C22H17F3N4OS. The van der Waals surface area contributed by atoms with Gasteiger partial charge in [-0.05, 0) is 12.1 Å². The van der Waals surface area contributed by atoms with Crippen molar-refractivity contribution in [1.29, 1.82) is 0 Å². The number of hydrogen-bond donors (Lipinski definition) is 1. The van der Waals surface area contributed by atoms with E-state index in [9.17, 15) is 18.0 Å². The van der Waals surface area contributed by atoms with E-state index < -0.39 is 23.3 Å². The lowest BCUT2D eigenvalue weighted by Gasteiger charge is -2.12. The maximum atomic E-state index is 13.7. The van der Waals surface area contributed by atoms with Crippen molar-refractivity contribution >= 4 is 17.2 Å². The largest absolute Gasteiger partial charge is 0.434 e. The van der Waals surface area contributed by atoms with Crippen LogP contribution < -0.4 is 5.32 Å². The molecule has 0 saturated heterocycles. The molecule has 2 heterocycles. The van der Waals surface area contributed by atoms with E-state index in [1.807, 2.05) is 35.7 Å². The molecule has 1 amide bonds. The average molecular weight is 442 g/mol. The monoisotopic (exact) mass is 442 g/mol. The van der Waals surface area contributed by atoms with Crippen molar-refractivity contribution in [2.24, 2.45) is 0 Å². The second-order valence-corrected chi connectivity index (χ2v) is 7.53. The van der Waals surface area contributed by atoms with Crippen LogP contribution in [0, 0.1) is 0 Å². The normalized spacial score (nSPS) is 11.5. The lowest BCUT2D eigenvalue weighted by Crippen LogP contribution is -2.28. The molecule has 0 saturated carbocycles. The summed E-state index contributed by atoms with van der Waals surface area (Å²) in [5.74, 6) is -0.826. The summed E-state index contributed by atoms with van der Waals surface area (Å²) in [7, 11) is 0. The van der Waals surface area contributed by atoms with Gasteiger partial charge in [-0.15, -0.1) is 11.3 Å². The third-order valence-corrected chi connectivity index (χ3v) is 5.46. The van der Waals surface area contributed by atoms with E-state index in [4.69, 9.17) is 0 Å². The zero-order valence-electron chi connectivity index (χ0n) is 16.1. The first kappa shape index (κ1) is 20.8. The van der Waals surface area contributed by atoms with Crippen molar-refractivity contribution in [3.8, 4) is 16.3 Å².